The van der Waals surface area contributed by atoms with Crippen molar-refractivity contribution in [3.05, 3.63) is 28.8 Å². The number of Topliss-reactive ketones (excluding diaryl/α,β-unsaturated/α-hetero) is 1. The molecule has 0 aromatic heterocycles. The Balaban J connectivity index is 2.54. The Morgan fingerprint density at radius 2 is 1.95 bits per heavy atom. The minimum absolute atomic E-state index is 0.229. The van der Waals surface area contributed by atoms with Crippen LogP contribution in [-0.2, 0) is 4.79 Å². The van der Waals surface area contributed by atoms with Crippen molar-refractivity contribution in [2.24, 2.45) is 5.92 Å². The number of ether oxygens (including phenoxy) is 1. The first-order chi connectivity index (χ1) is 10.3. The predicted octanol–water partition coefficient (Wildman–Crippen LogP) is 2.40. The summed E-state index contributed by atoms with van der Waals surface area (Å²) in [6.45, 7) is 5.34. The number of amides is 3. The van der Waals surface area contributed by atoms with Gasteiger partial charge >= 0.3 is 6.03 Å². The highest BCUT2D eigenvalue weighted by Crippen LogP contribution is 2.23. The minimum atomic E-state index is -0.606. The zero-order valence-electron chi connectivity index (χ0n) is 12.7. The van der Waals surface area contributed by atoms with Gasteiger partial charge in [0.15, 0.2) is 12.4 Å². The molecule has 0 saturated carbocycles. The van der Waals surface area contributed by atoms with E-state index in [9.17, 15) is 14.4 Å². The van der Waals surface area contributed by atoms with E-state index in [1.807, 2.05) is 13.8 Å². The maximum atomic E-state index is 11.6. The lowest BCUT2D eigenvalue weighted by Gasteiger charge is -2.11. The SMILES string of the molecule is CC(=O)c1cc(Cl)ccc1OCC(=O)NC(=O)NCC(C)C. The molecule has 0 unspecified atom stereocenters. The van der Waals surface area contributed by atoms with Crippen molar-refractivity contribution >= 4 is 29.3 Å². The molecule has 1 aromatic carbocycles. The second-order valence-electron chi connectivity index (χ2n) is 5.14. The number of carbonyl (C=O) groups is 3. The molecule has 0 radical (unpaired) electrons. The van der Waals surface area contributed by atoms with Crippen LogP contribution in [0.5, 0.6) is 5.75 Å². The number of hydrogen-bond acceptors (Lipinski definition) is 4. The molecule has 6 nitrogen and oxygen atoms in total. The van der Waals surface area contributed by atoms with Crippen molar-refractivity contribution in [3.63, 3.8) is 0 Å². The Bertz CT molecular complexity index is 573. The van der Waals surface area contributed by atoms with E-state index < -0.39 is 11.9 Å². The van der Waals surface area contributed by atoms with Crippen molar-refractivity contribution in [2.75, 3.05) is 13.2 Å². The Labute approximate surface area is 134 Å². The molecule has 0 spiro atoms. The molecule has 120 valence electrons. The summed E-state index contributed by atoms with van der Waals surface area (Å²) in [7, 11) is 0. The Kier molecular flexibility index (Phi) is 6.85. The van der Waals surface area contributed by atoms with Gasteiger partial charge in [0.2, 0.25) is 0 Å². The number of halogens is 1. The number of hydrogen-bond donors (Lipinski definition) is 2. The first-order valence-electron chi connectivity index (χ1n) is 6.80. The molecule has 22 heavy (non-hydrogen) atoms. The third kappa shape index (κ3) is 6.13. The molecule has 0 aliphatic carbocycles. The average Bonchev–Trinajstić information content (AvgIpc) is 2.43. The van der Waals surface area contributed by atoms with Crippen LogP contribution in [0.2, 0.25) is 5.02 Å². The summed E-state index contributed by atoms with van der Waals surface area (Å²) < 4.78 is 5.27. The van der Waals surface area contributed by atoms with Crippen molar-refractivity contribution in [1.82, 2.24) is 10.6 Å². The van der Waals surface area contributed by atoms with Crippen molar-refractivity contribution in [3.8, 4) is 5.75 Å². The first kappa shape index (κ1) is 18.0. The summed E-state index contributed by atoms with van der Waals surface area (Å²) in [5, 5.41) is 5.09. The fourth-order valence-electron chi connectivity index (χ4n) is 1.55. The van der Waals surface area contributed by atoms with Gasteiger partial charge in [-0.05, 0) is 31.0 Å². The van der Waals surface area contributed by atoms with Gasteiger partial charge in [-0.2, -0.15) is 0 Å². The van der Waals surface area contributed by atoms with Gasteiger partial charge in [0.05, 0.1) is 5.56 Å². The summed E-state index contributed by atoms with van der Waals surface area (Å²) in [5.74, 6) is -0.308. The quantitative estimate of drug-likeness (QED) is 0.786. The molecular weight excluding hydrogens is 308 g/mol. The number of imide groups is 1. The van der Waals surface area contributed by atoms with Gasteiger partial charge in [0, 0.05) is 11.6 Å². The molecule has 0 atom stereocenters. The molecule has 2 N–H and O–H groups in total. The maximum Gasteiger partial charge on any atom is 0.321 e. The first-order valence-corrected chi connectivity index (χ1v) is 7.18. The number of benzene rings is 1. The second kappa shape index (κ2) is 8.38. The van der Waals surface area contributed by atoms with Crippen LogP contribution in [0.3, 0.4) is 0 Å². The van der Waals surface area contributed by atoms with E-state index in [0.717, 1.165) is 0 Å². The zero-order valence-corrected chi connectivity index (χ0v) is 13.5. The van der Waals surface area contributed by atoms with E-state index in [1.54, 1.807) is 6.07 Å². The molecule has 7 heteroatoms. The van der Waals surface area contributed by atoms with Crippen molar-refractivity contribution in [1.29, 1.82) is 0 Å². The van der Waals surface area contributed by atoms with Crippen LogP contribution in [0.4, 0.5) is 4.79 Å². The molecule has 0 heterocycles. The summed E-state index contributed by atoms with van der Waals surface area (Å²) in [6.07, 6.45) is 0. The van der Waals surface area contributed by atoms with Gasteiger partial charge in [-0.25, -0.2) is 4.79 Å². The van der Waals surface area contributed by atoms with Gasteiger partial charge in [-0.1, -0.05) is 25.4 Å². The largest absolute Gasteiger partial charge is 0.483 e. The molecular formula is C15H19ClN2O4. The third-order valence-corrected chi connectivity index (χ3v) is 2.84. The van der Waals surface area contributed by atoms with Gasteiger partial charge in [0.25, 0.3) is 5.91 Å². The van der Waals surface area contributed by atoms with E-state index in [4.69, 9.17) is 16.3 Å². The highest BCUT2D eigenvalue weighted by Gasteiger charge is 2.13. The molecule has 0 aliphatic rings. The monoisotopic (exact) mass is 326 g/mol. The van der Waals surface area contributed by atoms with Crippen molar-refractivity contribution in [2.45, 2.75) is 20.8 Å². The Morgan fingerprint density at radius 1 is 1.27 bits per heavy atom. The van der Waals surface area contributed by atoms with Crippen LogP contribution in [-0.4, -0.2) is 30.9 Å². The van der Waals surface area contributed by atoms with Gasteiger partial charge in [-0.15, -0.1) is 0 Å². The molecule has 0 saturated heterocycles. The van der Waals surface area contributed by atoms with E-state index in [1.165, 1.54) is 19.1 Å². The average molecular weight is 327 g/mol. The second-order valence-corrected chi connectivity index (χ2v) is 5.57. The van der Waals surface area contributed by atoms with E-state index in [2.05, 4.69) is 10.6 Å². The van der Waals surface area contributed by atoms with Crippen molar-refractivity contribution < 1.29 is 19.1 Å². The topological polar surface area (TPSA) is 84.5 Å². The minimum Gasteiger partial charge on any atom is -0.483 e. The number of carbonyl (C=O) groups excluding carboxylic acids is 3. The fraction of sp³-hybridized carbons (Fsp3) is 0.400. The third-order valence-electron chi connectivity index (χ3n) is 2.60. The summed E-state index contributed by atoms with van der Waals surface area (Å²) in [5.41, 5.74) is 0.282. The van der Waals surface area contributed by atoms with Crippen LogP contribution < -0.4 is 15.4 Å². The molecule has 0 fully saturated rings. The lowest BCUT2D eigenvalue weighted by Crippen LogP contribution is -2.42. The smallest absolute Gasteiger partial charge is 0.321 e. The molecule has 1 aromatic rings. The van der Waals surface area contributed by atoms with Gasteiger partial charge < -0.3 is 10.1 Å². The van der Waals surface area contributed by atoms with E-state index >= 15 is 0 Å². The lowest BCUT2D eigenvalue weighted by atomic mass is 10.1. The summed E-state index contributed by atoms with van der Waals surface area (Å²) in [4.78, 5) is 34.5. The number of rotatable bonds is 6. The number of ketones is 1. The van der Waals surface area contributed by atoms with Crippen LogP contribution in [0.15, 0.2) is 18.2 Å². The predicted molar refractivity (Wildman–Crippen MR) is 83.3 cm³/mol. The van der Waals surface area contributed by atoms with Crippen LogP contribution >= 0.6 is 11.6 Å². The van der Waals surface area contributed by atoms with E-state index in [-0.39, 0.29) is 29.6 Å². The summed E-state index contributed by atoms with van der Waals surface area (Å²) in [6, 6.07) is 3.94. The normalized spacial score (nSPS) is 10.2. The fourth-order valence-corrected chi connectivity index (χ4v) is 1.72. The Hall–Kier alpha value is -2.08. The molecule has 0 bridgehead atoms. The summed E-state index contributed by atoms with van der Waals surface area (Å²) >= 11 is 5.81. The molecule has 0 aliphatic heterocycles. The van der Waals surface area contributed by atoms with Crippen LogP contribution in [0, 0.1) is 5.92 Å². The number of urea groups is 1. The number of nitrogens with one attached hydrogen (secondary N) is 2. The molecule has 1 rings (SSSR count). The zero-order chi connectivity index (χ0) is 16.7. The molecule has 3 amide bonds. The lowest BCUT2D eigenvalue weighted by molar-refractivity contribution is -0.122. The van der Waals surface area contributed by atoms with Crippen LogP contribution in [0.25, 0.3) is 0 Å². The van der Waals surface area contributed by atoms with E-state index in [0.29, 0.717) is 11.6 Å². The highest BCUT2D eigenvalue weighted by atomic mass is 35.5. The van der Waals surface area contributed by atoms with Gasteiger partial charge in [-0.3, -0.25) is 14.9 Å². The standard InChI is InChI=1S/C15H19ClN2O4/c1-9(2)7-17-15(21)18-14(20)8-22-13-5-4-11(16)6-12(13)10(3)19/h4-6,9H,7-8H2,1-3H3,(H2,17,18,20,21). The van der Waals surface area contributed by atoms with Crippen LogP contribution in [0.1, 0.15) is 31.1 Å². The maximum absolute atomic E-state index is 11.6. The van der Waals surface area contributed by atoms with Gasteiger partial charge in [0.1, 0.15) is 5.75 Å². The highest BCUT2D eigenvalue weighted by molar-refractivity contribution is 6.31. The Morgan fingerprint density at radius 3 is 2.55 bits per heavy atom.